The van der Waals surface area contributed by atoms with Crippen molar-refractivity contribution in [2.24, 2.45) is 0 Å². The molecule has 3 heterocycles. The molecule has 6 heteroatoms. The predicted molar refractivity (Wildman–Crippen MR) is 135 cm³/mol. The summed E-state index contributed by atoms with van der Waals surface area (Å²) in [7, 11) is 0. The molecule has 0 saturated carbocycles. The number of fused-ring (bicyclic) bond motifs is 4. The first-order chi connectivity index (χ1) is 16.6. The molecule has 0 unspecified atom stereocenters. The molecule has 0 atom stereocenters. The molecule has 0 spiro atoms. The molecule has 34 heavy (non-hydrogen) atoms. The molecular formula is C28H28FN5. The van der Waals surface area contributed by atoms with Crippen molar-refractivity contribution in [1.82, 2.24) is 19.3 Å². The molecule has 3 aromatic carbocycles. The smallest absolute Gasteiger partial charge is 0.206 e. The van der Waals surface area contributed by atoms with Crippen LogP contribution in [0.3, 0.4) is 0 Å². The average Bonchev–Trinajstić information content (AvgIpc) is 3.46. The van der Waals surface area contributed by atoms with E-state index in [0.29, 0.717) is 17.5 Å². The van der Waals surface area contributed by atoms with Gasteiger partial charge in [0.2, 0.25) is 5.95 Å². The highest BCUT2D eigenvalue weighted by Crippen LogP contribution is 2.27. The Morgan fingerprint density at radius 3 is 2.50 bits per heavy atom. The Bertz CT molecular complexity index is 1460. The number of nitrogens with two attached hydrogens (primary N) is 1. The Hall–Kier alpha value is -3.77. The minimum Gasteiger partial charge on any atom is -0.369 e. The van der Waals surface area contributed by atoms with Gasteiger partial charge in [0.25, 0.3) is 0 Å². The fourth-order valence-electron chi connectivity index (χ4n) is 4.65. The lowest BCUT2D eigenvalue weighted by Crippen LogP contribution is -2.15. The lowest BCUT2D eigenvalue weighted by Gasteiger charge is -2.14. The van der Waals surface area contributed by atoms with Gasteiger partial charge in [0.1, 0.15) is 17.0 Å². The number of nitrogens with zero attached hydrogens (tertiary/aromatic N) is 4. The van der Waals surface area contributed by atoms with Crippen LogP contribution in [-0.2, 0) is 26.1 Å². The molecule has 5 aromatic rings. The molecule has 0 saturated heterocycles. The van der Waals surface area contributed by atoms with Crippen LogP contribution in [0.25, 0.3) is 16.6 Å². The molecule has 0 amide bonds. The Kier molecular flexibility index (Phi) is 5.99. The summed E-state index contributed by atoms with van der Waals surface area (Å²) in [4.78, 5) is 11.5. The zero-order valence-electron chi connectivity index (χ0n) is 19.5. The maximum atomic E-state index is 14.2. The number of para-hydroxylation sites is 1. The summed E-state index contributed by atoms with van der Waals surface area (Å²) in [5.74, 6) is -0.151. The number of nitrogen functional groups attached to an aromatic ring is 1. The molecule has 172 valence electrons. The van der Waals surface area contributed by atoms with E-state index in [0.717, 1.165) is 25.3 Å². The van der Waals surface area contributed by atoms with E-state index in [1.807, 2.05) is 26.1 Å². The molecule has 0 bridgehead atoms. The quantitative estimate of drug-likeness (QED) is 0.377. The largest absolute Gasteiger partial charge is 0.369 e. The van der Waals surface area contributed by atoms with Gasteiger partial charge in [-0.05, 0) is 34.4 Å². The van der Waals surface area contributed by atoms with Crippen LogP contribution in [0, 0.1) is 5.82 Å². The van der Waals surface area contributed by atoms with Crippen molar-refractivity contribution in [2.45, 2.75) is 39.9 Å². The number of hydrogen-bond acceptors (Lipinski definition) is 4. The number of imidazole rings is 1. The number of anilines is 1. The summed E-state index contributed by atoms with van der Waals surface area (Å²) in [5.41, 5.74) is 13.2. The average molecular weight is 454 g/mol. The van der Waals surface area contributed by atoms with Crippen LogP contribution in [0.1, 0.15) is 41.8 Å². The van der Waals surface area contributed by atoms with Crippen LogP contribution < -0.4 is 5.73 Å². The minimum absolute atomic E-state index is 0.238. The molecule has 0 aliphatic carbocycles. The molecular weight excluding hydrogens is 425 g/mol. The maximum absolute atomic E-state index is 14.2. The van der Waals surface area contributed by atoms with Crippen LogP contribution in [0.5, 0.6) is 0 Å². The molecule has 6 rings (SSSR count). The molecule has 0 fully saturated rings. The second-order valence-corrected chi connectivity index (χ2v) is 8.44. The lowest BCUT2D eigenvalue weighted by atomic mass is 10.0. The van der Waals surface area contributed by atoms with Crippen molar-refractivity contribution >= 4 is 22.5 Å². The van der Waals surface area contributed by atoms with E-state index in [9.17, 15) is 4.39 Å². The van der Waals surface area contributed by atoms with Gasteiger partial charge in [0.05, 0.1) is 5.69 Å². The Morgan fingerprint density at radius 2 is 1.68 bits per heavy atom. The zero-order chi connectivity index (χ0) is 23.7. The second-order valence-electron chi connectivity index (χ2n) is 8.44. The summed E-state index contributed by atoms with van der Waals surface area (Å²) < 4.78 is 15.9. The number of benzene rings is 3. The summed E-state index contributed by atoms with van der Waals surface area (Å²) >= 11 is 0. The highest BCUT2D eigenvalue weighted by atomic mass is 19.1. The van der Waals surface area contributed by atoms with Gasteiger partial charge in [-0.1, -0.05) is 68.4 Å². The minimum atomic E-state index is -0.389. The first-order valence-corrected chi connectivity index (χ1v) is 11.7. The monoisotopic (exact) mass is 453 g/mol. The molecule has 2 aromatic heterocycles. The first kappa shape index (κ1) is 22.0. The van der Waals surface area contributed by atoms with Gasteiger partial charge in [-0.25, -0.2) is 14.4 Å². The van der Waals surface area contributed by atoms with Gasteiger partial charge in [0, 0.05) is 37.6 Å². The van der Waals surface area contributed by atoms with E-state index in [1.54, 1.807) is 10.5 Å². The first-order valence-electron chi connectivity index (χ1n) is 11.7. The Labute approximate surface area is 198 Å². The third-order valence-corrected chi connectivity index (χ3v) is 6.15. The van der Waals surface area contributed by atoms with E-state index < -0.39 is 0 Å². The van der Waals surface area contributed by atoms with Crippen molar-refractivity contribution in [3.8, 4) is 0 Å². The van der Waals surface area contributed by atoms with Crippen LogP contribution >= 0.6 is 0 Å². The van der Waals surface area contributed by atoms with E-state index >= 15 is 0 Å². The number of hydrogen-bond donors (Lipinski definition) is 1. The summed E-state index contributed by atoms with van der Waals surface area (Å²) in [5, 5.41) is 0.663. The third kappa shape index (κ3) is 4.13. The summed E-state index contributed by atoms with van der Waals surface area (Å²) in [6.07, 6.45) is 2.58. The van der Waals surface area contributed by atoms with Crippen molar-refractivity contribution < 1.29 is 4.39 Å². The Morgan fingerprint density at radius 1 is 0.882 bits per heavy atom. The van der Waals surface area contributed by atoms with Crippen LogP contribution in [0.2, 0.25) is 0 Å². The van der Waals surface area contributed by atoms with Crippen LogP contribution in [-0.4, -0.2) is 19.3 Å². The fraction of sp³-hybridized carbons (Fsp3) is 0.214. The van der Waals surface area contributed by atoms with Gasteiger partial charge >= 0.3 is 0 Å². The summed E-state index contributed by atoms with van der Waals surface area (Å²) in [6.45, 7) is 6.87. The van der Waals surface area contributed by atoms with Crippen LogP contribution in [0.4, 0.5) is 10.3 Å². The standard InChI is InChI=1S/C26H22FN5.C2H6/c27-23-8-4-7-22-24(23)30-26(28)32-16-21(29-25(22)32)12-18-9-10-19-14-31(15-20(19)11-18)13-17-5-2-1-3-6-17;1-2/h1-11,16H,12-15H2,(H2,28,30);1-2H3. The molecule has 5 nitrogen and oxygen atoms in total. The van der Waals surface area contributed by atoms with E-state index in [2.05, 4.69) is 58.4 Å². The highest BCUT2D eigenvalue weighted by Gasteiger charge is 2.20. The molecule has 0 radical (unpaired) electrons. The molecule has 1 aliphatic rings. The number of rotatable bonds is 4. The lowest BCUT2D eigenvalue weighted by molar-refractivity contribution is 0.275. The van der Waals surface area contributed by atoms with Gasteiger partial charge in [-0.15, -0.1) is 0 Å². The van der Waals surface area contributed by atoms with Gasteiger partial charge in [-0.3, -0.25) is 9.30 Å². The number of aromatic nitrogens is 3. The van der Waals surface area contributed by atoms with Crippen molar-refractivity contribution in [2.75, 3.05) is 5.73 Å². The zero-order valence-corrected chi connectivity index (χ0v) is 19.5. The molecule has 1 aliphatic heterocycles. The Balaban J connectivity index is 0.00000117. The van der Waals surface area contributed by atoms with E-state index in [4.69, 9.17) is 10.7 Å². The van der Waals surface area contributed by atoms with Crippen molar-refractivity contribution in [3.05, 3.63) is 107 Å². The second kappa shape index (κ2) is 9.23. The molecule has 2 N–H and O–H groups in total. The SMILES string of the molecule is CC.Nc1nc2c(F)cccc2c2nc(Cc3ccc4c(c3)CN(Cc3ccccc3)C4)cn12. The van der Waals surface area contributed by atoms with E-state index in [-0.39, 0.29) is 17.3 Å². The normalized spacial score (nSPS) is 13.1. The van der Waals surface area contributed by atoms with Gasteiger partial charge in [0.15, 0.2) is 0 Å². The topological polar surface area (TPSA) is 59.5 Å². The third-order valence-electron chi connectivity index (χ3n) is 6.15. The van der Waals surface area contributed by atoms with Crippen LogP contribution in [0.15, 0.2) is 72.9 Å². The highest BCUT2D eigenvalue weighted by molar-refractivity contribution is 5.92. The maximum Gasteiger partial charge on any atom is 0.206 e. The van der Waals surface area contributed by atoms with Gasteiger partial charge in [-0.2, -0.15) is 0 Å². The summed E-state index contributed by atoms with van der Waals surface area (Å²) in [6, 6.07) is 22.2. The van der Waals surface area contributed by atoms with Crippen molar-refractivity contribution in [1.29, 1.82) is 0 Å². The fourth-order valence-corrected chi connectivity index (χ4v) is 4.65. The van der Waals surface area contributed by atoms with Crippen molar-refractivity contribution in [3.63, 3.8) is 0 Å². The predicted octanol–water partition coefficient (Wildman–Crippen LogP) is 5.74. The number of halogens is 1. The van der Waals surface area contributed by atoms with E-state index in [1.165, 1.54) is 28.3 Å². The van der Waals surface area contributed by atoms with Gasteiger partial charge < -0.3 is 5.73 Å².